The van der Waals surface area contributed by atoms with Gasteiger partial charge in [0.2, 0.25) is 0 Å². The quantitative estimate of drug-likeness (QED) is 0.766. The molecule has 0 fully saturated rings. The fourth-order valence-electron chi connectivity index (χ4n) is 1.28. The Morgan fingerprint density at radius 3 is 2.65 bits per heavy atom. The molecule has 0 aliphatic carbocycles. The Labute approximate surface area is 93.1 Å². The van der Waals surface area contributed by atoms with Crippen molar-refractivity contribution in [2.75, 3.05) is 0 Å². The number of nitriles is 1. The number of alkyl halides is 3. The number of hydrogen-bond acceptors (Lipinski definition) is 4. The third-order valence-corrected chi connectivity index (χ3v) is 2.03. The summed E-state index contributed by atoms with van der Waals surface area (Å²) in [5.41, 5.74) is 0.554. The minimum atomic E-state index is -4.65. The molecule has 0 aliphatic heterocycles. The highest BCUT2D eigenvalue weighted by Gasteiger charge is 2.37. The van der Waals surface area contributed by atoms with Gasteiger partial charge in [-0.3, -0.25) is 0 Å². The highest BCUT2D eigenvalue weighted by atomic mass is 19.4. The number of hydrogen-bond donors (Lipinski definition) is 0. The van der Waals surface area contributed by atoms with Gasteiger partial charge in [-0.15, -0.1) is 0 Å². The molecule has 0 unspecified atom stereocenters. The van der Waals surface area contributed by atoms with E-state index in [1.807, 2.05) is 6.07 Å². The van der Waals surface area contributed by atoms with Crippen molar-refractivity contribution in [3.05, 3.63) is 23.7 Å². The van der Waals surface area contributed by atoms with Gasteiger partial charge < -0.3 is 9.09 Å². The second-order valence-electron chi connectivity index (χ2n) is 3.26. The molecule has 2 aromatic rings. The van der Waals surface area contributed by atoms with E-state index in [4.69, 9.17) is 5.26 Å². The zero-order valence-corrected chi connectivity index (χ0v) is 8.49. The van der Waals surface area contributed by atoms with Crippen molar-refractivity contribution in [1.29, 1.82) is 5.26 Å². The summed E-state index contributed by atoms with van der Waals surface area (Å²) >= 11 is 0. The van der Waals surface area contributed by atoms with Crippen LogP contribution in [-0.2, 0) is 13.2 Å². The maximum absolute atomic E-state index is 12.2. The monoisotopic (exact) mass is 242 g/mol. The first-order valence-corrected chi connectivity index (χ1v) is 4.39. The molecular formula is C9H5F3N4O. The number of aromatic nitrogens is 3. The van der Waals surface area contributed by atoms with Crippen molar-refractivity contribution in [3.8, 4) is 17.7 Å². The van der Waals surface area contributed by atoms with Crippen LogP contribution in [0.15, 0.2) is 16.8 Å². The third kappa shape index (κ3) is 1.99. The molecule has 0 atom stereocenters. The average Bonchev–Trinajstić information content (AvgIpc) is 2.82. The molecule has 0 saturated carbocycles. The predicted molar refractivity (Wildman–Crippen MR) is 48.4 cm³/mol. The second-order valence-corrected chi connectivity index (χ2v) is 3.26. The third-order valence-electron chi connectivity index (χ3n) is 2.03. The van der Waals surface area contributed by atoms with Crippen LogP contribution in [0.2, 0.25) is 0 Å². The van der Waals surface area contributed by atoms with Crippen molar-refractivity contribution in [3.63, 3.8) is 0 Å². The van der Waals surface area contributed by atoms with E-state index in [1.165, 1.54) is 16.8 Å². The number of nitrogens with zero attached hydrogens (tertiary/aromatic N) is 4. The van der Waals surface area contributed by atoms with Gasteiger partial charge >= 0.3 is 6.18 Å². The van der Waals surface area contributed by atoms with Crippen LogP contribution in [0.4, 0.5) is 13.2 Å². The van der Waals surface area contributed by atoms with Crippen LogP contribution >= 0.6 is 0 Å². The fraction of sp³-hybridized carbons (Fsp3) is 0.222. The van der Waals surface area contributed by atoms with Crippen LogP contribution in [0, 0.1) is 11.3 Å². The summed E-state index contributed by atoms with van der Waals surface area (Å²) in [6.45, 7) is 0. The molecule has 2 aromatic heterocycles. The van der Waals surface area contributed by atoms with E-state index in [0.29, 0.717) is 5.56 Å². The van der Waals surface area contributed by atoms with Gasteiger partial charge in [-0.05, 0) is 6.07 Å². The minimum Gasteiger partial charge on any atom is -0.345 e. The van der Waals surface area contributed by atoms with Gasteiger partial charge in [-0.1, -0.05) is 5.16 Å². The van der Waals surface area contributed by atoms with Crippen molar-refractivity contribution in [2.24, 2.45) is 7.05 Å². The van der Waals surface area contributed by atoms with Crippen molar-refractivity contribution in [1.82, 2.24) is 14.7 Å². The largest absolute Gasteiger partial charge is 0.455 e. The fourth-order valence-corrected chi connectivity index (χ4v) is 1.28. The molecule has 0 spiro atoms. The zero-order valence-electron chi connectivity index (χ0n) is 8.49. The van der Waals surface area contributed by atoms with E-state index in [2.05, 4.69) is 14.7 Å². The molecule has 2 rings (SSSR count). The number of halogens is 3. The smallest absolute Gasteiger partial charge is 0.345 e. The standard InChI is InChI=1S/C9H5F3N4O/c1-16-4-5(3-13)2-6(16)7-14-8(15-17-7)9(10,11)12/h2,4H,1H3. The Morgan fingerprint density at radius 1 is 1.47 bits per heavy atom. The van der Waals surface area contributed by atoms with Gasteiger partial charge in [0.25, 0.3) is 11.7 Å². The van der Waals surface area contributed by atoms with E-state index in [1.54, 1.807) is 7.05 Å². The Balaban J connectivity index is 2.44. The van der Waals surface area contributed by atoms with Gasteiger partial charge in [0.1, 0.15) is 11.8 Å². The summed E-state index contributed by atoms with van der Waals surface area (Å²) in [4.78, 5) is 3.23. The molecule has 0 aromatic carbocycles. The maximum Gasteiger partial charge on any atom is 0.455 e. The highest BCUT2D eigenvalue weighted by molar-refractivity contribution is 5.52. The Bertz CT molecular complexity index is 590. The van der Waals surface area contributed by atoms with Crippen LogP contribution in [-0.4, -0.2) is 14.7 Å². The lowest BCUT2D eigenvalue weighted by atomic mass is 10.3. The first-order chi connectivity index (χ1) is 7.91. The molecule has 8 heteroatoms. The molecule has 0 aliphatic rings. The van der Waals surface area contributed by atoms with Crippen LogP contribution in [0.5, 0.6) is 0 Å². The molecule has 17 heavy (non-hydrogen) atoms. The summed E-state index contributed by atoms with van der Waals surface area (Å²) < 4.78 is 42.7. The summed E-state index contributed by atoms with van der Waals surface area (Å²) in [5, 5.41) is 11.5. The van der Waals surface area contributed by atoms with Crippen molar-refractivity contribution >= 4 is 0 Å². The van der Waals surface area contributed by atoms with E-state index in [-0.39, 0.29) is 11.6 Å². The summed E-state index contributed by atoms with van der Waals surface area (Å²) in [6.07, 6.45) is -3.20. The molecule has 0 saturated heterocycles. The van der Waals surface area contributed by atoms with E-state index in [9.17, 15) is 13.2 Å². The molecule has 0 bridgehead atoms. The topological polar surface area (TPSA) is 67.6 Å². The van der Waals surface area contributed by atoms with Gasteiger partial charge in [0, 0.05) is 13.2 Å². The van der Waals surface area contributed by atoms with Crippen molar-refractivity contribution in [2.45, 2.75) is 6.18 Å². The predicted octanol–water partition coefficient (Wildman–Crippen LogP) is 1.97. The zero-order chi connectivity index (χ0) is 12.6. The highest BCUT2D eigenvalue weighted by Crippen LogP contribution is 2.29. The summed E-state index contributed by atoms with van der Waals surface area (Å²) in [6, 6.07) is 3.23. The SMILES string of the molecule is Cn1cc(C#N)cc1-c1nc(C(F)(F)F)no1. The molecule has 5 nitrogen and oxygen atoms in total. The second kappa shape index (κ2) is 3.62. The van der Waals surface area contributed by atoms with Crippen LogP contribution in [0.25, 0.3) is 11.6 Å². The summed E-state index contributed by atoms with van der Waals surface area (Å²) in [7, 11) is 1.56. The van der Waals surface area contributed by atoms with Crippen LogP contribution in [0.1, 0.15) is 11.4 Å². The first kappa shape index (κ1) is 11.2. The molecule has 2 heterocycles. The molecular weight excluding hydrogens is 237 g/mol. The van der Waals surface area contributed by atoms with Crippen LogP contribution in [0.3, 0.4) is 0 Å². The lowest BCUT2D eigenvalue weighted by Gasteiger charge is -1.97. The molecule has 88 valence electrons. The van der Waals surface area contributed by atoms with E-state index >= 15 is 0 Å². The van der Waals surface area contributed by atoms with Crippen LogP contribution < -0.4 is 0 Å². The lowest BCUT2D eigenvalue weighted by molar-refractivity contribution is -0.146. The Morgan fingerprint density at radius 2 is 2.18 bits per heavy atom. The minimum absolute atomic E-state index is 0.254. The Kier molecular flexibility index (Phi) is 2.38. The normalized spacial score (nSPS) is 11.5. The maximum atomic E-state index is 12.2. The molecule has 0 radical (unpaired) electrons. The van der Waals surface area contributed by atoms with E-state index in [0.717, 1.165) is 0 Å². The molecule has 0 N–H and O–H groups in total. The first-order valence-electron chi connectivity index (χ1n) is 4.39. The number of aryl methyl sites for hydroxylation is 1. The van der Waals surface area contributed by atoms with Crippen molar-refractivity contribution < 1.29 is 17.7 Å². The molecule has 0 amide bonds. The van der Waals surface area contributed by atoms with Gasteiger partial charge in [0.05, 0.1) is 5.56 Å². The Hall–Kier alpha value is -2.30. The van der Waals surface area contributed by atoms with Gasteiger partial charge in [0.15, 0.2) is 0 Å². The van der Waals surface area contributed by atoms with E-state index < -0.39 is 12.0 Å². The van der Waals surface area contributed by atoms with Gasteiger partial charge in [-0.25, -0.2) is 0 Å². The number of rotatable bonds is 1. The van der Waals surface area contributed by atoms with Gasteiger partial charge in [-0.2, -0.15) is 23.4 Å². The lowest BCUT2D eigenvalue weighted by Crippen LogP contribution is -2.07. The summed E-state index contributed by atoms with van der Waals surface area (Å²) in [5.74, 6) is -1.62. The average molecular weight is 242 g/mol.